The van der Waals surface area contributed by atoms with Crippen LogP contribution >= 0.6 is 0 Å². The first kappa shape index (κ1) is 13.7. The molecule has 1 aromatic rings. The summed E-state index contributed by atoms with van der Waals surface area (Å²) in [6.07, 6.45) is 0.336. The number of benzene rings is 1. The second kappa shape index (κ2) is 4.76. The number of rotatable bonds is 3. The number of fused-ring (bicyclic) bond motifs is 1. The third kappa shape index (κ3) is 2.27. The van der Waals surface area contributed by atoms with Gasteiger partial charge in [0, 0.05) is 6.54 Å². The molecule has 0 amide bonds. The smallest absolute Gasteiger partial charge is 0.355 e. The third-order valence-corrected chi connectivity index (χ3v) is 4.34. The van der Waals surface area contributed by atoms with Crippen LogP contribution in [0, 0.1) is 0 Å². The molecule has 5 nitrogen and oxygen atoms in total. The van der Waals surface area contributed by atoms with E-state index in [1.54, 1.807) is 6.07 Å². The number of sulfonamides is 1. The average Bonchev–Trinajstić information content (AvgIpc) is 2.80. The normalized spacial score (nSPS) is 14.6. The van der Waals surface area contributed by atoms with Crippen LogP contribution in [-0.2, 0) is 21.2 Å². The summed E-state index contributed by atoms with van der Waals surface area (Å²) in [4.78, 5) is 11.4. The number of hydrogen-bond acceptors (Lipinski definition) is 4. The lowest BCUT2D eigenvalue weighted by molar-refractivity contribution is 0.0601. The Hall–Kier alpha value is -1.70. The Morgan fingerprint density at radius 3 is 2.68 bits per heavy atom. The molecule has 1 aliphatic heterocycles. The Bertz CT molecular complexity index is 615. The molecule has 1 aliphatic rings. The first-order chi connectivity index (χ1) is 8.87. The topological polar surface area (TPSA) is 63.7 Å². The summed E-state index contributed by atoms with van der Waals surface area (Å²) in [6, 6.07) is 4.28. The maximum absolute atomic E-state index is 12.6. The summed E-state index contributed by atoms with van der Waals surface area (Å²) in [5.41, 5.74) is 0.845. The van der Waals surface area contributed by atoms with Crippen LogP contribution in [0.4, 0.5) is 14.5 Å². The van der Waals surface area contributed by atoms with E-state index in [0.29, 0.717) is 16.3 Å². The molecule has 0 aromatic heterocycles. The molecular formula is C11H11F2NO4S. The maximum Gasteiger partial charge on any atom is 0.355 e. The molecule has 0 N–H and O–H groups in total. The minimum atomic E-state index is -4.69. The fraction of sp³-hybridized carbons (Fsp3) is 0.364. The van der Waals surface area contributed by atoms with Gasteiger partial charge in [0.05, 0.1) is 18.4 Å². The summed E-state index contributed by atoms with van der Waals surface area (Å²) < 4.78 is 53.3. The van der Waals surface area contributed by atoms with Gasteiger partial charge in [0.15, 0.2) is 0 Å². The summed E-state index contributed by atoms with van der Waals surface area (Å²) in [5.74, 6) is -4.13. The molecule has 0 bridgehead atoms. The monoisotopic (exact) mass is 291 g/mol. The number of halogens is 2. The van der Waals surface area contributed by atoms with Crippen LogP contribution in [0.2, 0.25) is 0 Å². The van der Waals surface area contributed by atoms with Crippen LogP contribution in [0.1, 0.15) is 15.9 Å². The lowest BCUT2D eigenvalue weighted by atomic mass is 10.1. The first-order valence-corrected chi connectivity index (χ1v) is 6.89. The predicted molar refractivity (Wildman–Crippen MR) is 63.8 cm³/mol. The van der Waals surface area contributed by atoms with E-state index in [1.807, 2.05) is 0 Å². The van der Waals surface area contributed by atoms with Gasteiger partial charge in [-0.2, -0.15) is 8.78 Å². The van der Waals surface area contributed by atoms with Crippen LogP contribution in [0.5, 0.6) is 0 Å². The third-order valence-electron chi connectivity index (χ3n) is 2.89. The van der Waals surface area contributed by atoms with Crippen LogP contribution in [0.3, 0.4) is 0 Å². The van der Waals surface area contributed by atoms with Gasteiger partial charge in [0.25, 0.3) is 10.0 Å². The number of alkyl halides is 2. The molecule has 0 atom stereocenters. The van der Waals surface area contributed by atoms with E-state index < -0.39 is 21.8 Å². The van der Waals surface area contributed by atoms with Crippen molar-refractivity contribution in [2.75, 3.05) is 18.0 Å². The van der Waals surface area contributed by atoms with Gasteiger partial charge >= 0.3 is 11.7 Å². The lowest BCUT2D eigenvalue weighted by Gasteiger charge is -2.19. The highest BCUT2D eigenvalue weighted by molar-refractivity contribution is 7.93. The zero-order valence-corrected chi connectivity index (χ0v) is 10.8. The van der Waals surface area contributed by atoms with Crippen molar-refractivity contribution in [1.29, 1.82) is 0 Å². The molecule has 1 aromatic carbocycles. The summed E-state index contributed by atoms with van der Waals surface area (Å²) in [5, 5.41) is 0. The van der Waals surface area contributed by atoms with E-state index in [2.05, 4.69) is 4.74 Å². The molecule has 104 valence electrons. The van der Waals surface area contributed by atoms with Crippen LogP contribution < -0.4 is 4.31 Å². The van der Waals surface area contributed by atoms with E-state index in [9.17, 15) is 22.0 Å². The second-order valence-corrected chi connectivity index (χ2v) is 5.79. The van der Waals surface area contributed by atoms with Gasteiger partial charge in [-0.3, -0.25) is 4.31 Å². The molecule has 0 spiro atoms. The van der Waals surface area contributed by atoms with E-state index in [1.165, 1.54) is 19.2 Å². The number of anilines is 1. The van der Waals surface area contributed by atoms with E-state index >= 15 is 0 Å². The Labute approximate surface area is 108 Å². The van der Waals surface area contributed by atoms with Crippen molar-refractivity contribution in [2.45, 2.75) is 12.2 Å². The molecule has 0 unspecified atom stereocenters. The number of esters is 1. The summed E-state index contributed by atoms with van der Waals surface area (Å²) in [6.45, 7) is -0.0490. The van der Waals surface area contributed by atoms with Crippen molar-refractivity contribution in [1.82, 2.24) is 0 Å². The molecule has 1 heterocycles. The van der Waals surface area contributed by atoms with Gasteiger partial charge in [0.2, 0.25) is 0 Å². The maximum atomic E-state index is 12.6. The fourth-order valence-corrected chi connectivity index (χ4v) is 2.94. The van der Waals surface area contributed by atoms with Crippen molar-refractivity contribution < 1.29 is 26.7 Å². The molecule has 0 saturated carbocycles. The standard InChI is InChI=1S/C11H11F2NO4S/c1-18-10(15)8-3-2-7-4-5-14(9(7)6-8)19(16,17)11(12)13/h2-3,6,11H,4-5H2,1H3. The van der Waals surface area contributed by atoms with Gasteiger partial charge in [-0.15, -0.1) is 0 Å². The number of carbonyl (C=O) groups excluding carboxylic acids is 1. The Balaban J connectivity index is 2.47. The molecule has 19 heavy (non-hydrogen) atoms. The minimum absolute atomic E-state index is 0.0490. The Morgan fingerprint density at radius 2 is 2.11 bits per heavy atom. The van der Waals surface area contributed by atoms with Crippen LogP contribution in [0.25, 0.3) is 0 Å². The number of carbonyl (C=O) groups is 1. The van der Waals surface area contributed by atoms with Crippen molar-refractivity contribution >= 4 is 21.7 Å². The molecular weight excluding hydrogens is 280 g/mol. The van der Waals surface area contributed by atoms with E-state index in [4.69, 9.17) is 0 Å². The van der Waals surface area contributed by atoms with Gasteiger partial charge in [-0.25, -0.2) is 13.2 Å². The molecule has 0 saturated heterocycles. The quantitative estimate of drug-likeness (QED) is 0.789. The van der Waals surface area contributed by atoms with Gasteiger partial charge in [-0.05, 0) is 24.1 Å². The molecule has 8 heteroatoms. The molecule has 2 rings (SSSR count). The number of ether oxygens (including phenoxy) is 1. The zero-order chi connectivity index (χ0) is 14.2. The highest BCUT2D eigenvalue weighted by Crippen LogP contribution is 2.33. The number of nitrogens with zero attached hydrogens (tertiary/aromatic N) is 1. The number of methoxy groups -OCH3 is 1. The highest BCUT2D eigenvalue weighted by atomic mass is 32.2. The Morgan fingerprint density at radius 1 is 1.42 bits per heavy atom. The van der Waals surface area contributed by atoms with Crippen molar-refractivity contribution in [3.63, 3.8) is 0 Å². The lowest BCUT2D eigenvalue weighted by Crippen LogP contribution is -2.34. The summed E-state index contributed by atoms with van der Waals surface area (Å²) >= 11 is 0. The van der Waals surface area contributed by atoms with Gasteiger partial charge in [-0.1, -0.05) is 6.07 Å². The second-order valence-electron chi connectivity index (χ2n) is 3.96. The SMILES string of the molecule is COC(=O)c1ccc2c(c1)N(S(=O)(=O)C(F)F)CC2. The van der Waals surface area contributed by atoms with Gasteiger partial charge < -0.3 is 4.74 Å². The first-order valence-electron chi connectivity index (χ1n) is 5.39. The predicted octanol–water partition coefficient (Wildman–Crippen LogP) is 1.39. The molecule has 0 fully saturated rings. The van der Waals surface area contributed by atoms with E-state index in [-0.39, 0.29) is 17.8 Å². The van der Waals surface area contributed by atoms with E-state index in [0.717, 1.165) is 0 Å². The zero-order valence-electron chi connectivity index (χ0n) is 9.97. The number of hydrogen-bond donors (Lipinski definition) is 0. The van der Waals surface area contributed by atoms with Crippen molar-refractivity contribution in [3.05, 3.63) is 29.3 Å². The Kier molecular flexibility index (Phi) is 3.44. The van der Waals surface area contributed by atoms with Gasteiger partial charge in [0.1, 0.15) is 0 Å². The van der Waals surface area contributed by atoms with Crippen molar-refractivity contribution in [2.24, 2.45) is 0 Å². The molecule has 0 radical (unpaired) electrons. The minimum Gasteiger partial charge on any atom is -0.465 e. The van der Waals surface area contributed by atoms with Crippen LogP contribution in [0.15, 0.2) is 18.2 Å². The average molecular weight is 291 g/mol. The van der Waals surface area contributed by atoms with Crippen LogP contribution in [-0.4, -0.2) is 33.8 Å². The highest BCUT2D eigenvalue weighted by Gasteiger charge is 2.36. The van der Waals surface area contributed by atoms with Crippen molar-refractivity contribution in [3.8, 4) is 0 Å². The molecule has 0 aliphatic carbocycles. The summed E-state index contributed by atoms with van der Waals surface area (Å²) in [7, 11) is -3.51. The fourth-order valence-electron chi connectivity index (χ4n) is 1.96. The largest absolute Gasteiger partial charge is 0.465 e.